The van der Waals surface area contributed by atoms with Gasteiger partial charge in [-0.15, -0.1) is 0 Å². The summed E-state index contributed by atoms with van der Waals surface area (Å²) < 4.78 is 5.61. The van der Waals surface area contributed by atoms with E-state index in [4.69, 9.17) is 4.74 Å². The number of rotatable bonds is 5. The van der Waals surface area contributed by atoms with Gasteiger partial charge in [-0.3, -0.25) is 0 Å². The van der Waals surface area contributed by atoms with Crippen LogP contribution in [0.3, 0.4) is 0 Å². The van der Waals surface area contributed by atoms with Crippen LogP contribution in [0.2, 0.25) is 0 Å². The van der Waals surface area contributed by atoms with Crippen LogP contribution < -0.4 is 5.32 Å². The Morgan fingerprint density at radius 1 is 1.38 bits per heavy atom. The van der Waals surface area contributed by atoms with Crippen molar-refractivity contribution in [1.29, 1.82) is 0 Å². The summed E-state index contributed by atoms with van der Waals surface area (Å²) in [6, 6.07) is 0. The molecule has 16 heavy (non-hydrogen) atoms. The third-order valence-corrected chi connectivity index (χ3v) is 4.30. The number of hydrogen-bond acceptors (Lipinski definition) is 3. The van der Waals surface area contributed by atoms with Crippen molar-refractivity contribution in [2.45, 2.75) is 37.7 Å². The van der Waals surface area contributed by atoms with Gasteiger partial charge < -0.3 is 15.0 Å². The van der Waals surface area contributed by atoms with Crippen LogP contribution >= 0.6 is 0 Å². The number of likely N-dealkylation sites (tertiary alicyclic amines) is 1. The van der Waals surface area contributed by atoms with E-state index < -0.39 is 0 Å². The van der Waals surface area contributed by atoms with Gasteiger partial charge in [-0.2, -0.15) is 0 Å². The molecule has 0 radical (unpaired) electrons. The lowest BCUT2D eigenvalue weighted by molar-refractivity contribution is -0.0699. The van der Waals surface area contributed by atoms with Crippen LogP contribution in [-0.4, -0.2) is 50.8 Å². The summed E-state index contributed by atoms with van der Waals surface area (Å²) >= 11 is 0. The van der Waals surface area contributed by atoms with Crippen molar-refractivity contribution in [3.05, 3.63) is 0 Å². The Morgan fingerprint density at radius 3 is 2.75 bits per heavy atom. The highest BCUT2D eigenvalue weighted by molar-refractivity contribution is 4.91. The van der Waals surface area contributed by atoms with E-state index in [1.54, 1.807) is 0 Å². The molecule has 1 saturated heterocycles. The fourth-order valence-electron chi connectivity index (χ4n) is 2.97. The van der Waals surface area contributed by atoms with Gasteiger partial charge in [0.2, 0.25) is 0 Å². The van der Waals surface area contributed by atoms with E-state index in [9.17, 15) is 0 Å². The second-order valence-corrected chi connectivity index (χ2v) is 5.64. The van der Waals surface area contributed by atoms with Crippen molar-refractivity contribution in [1.82, 2.24) is 10.2 Å². The molecule has 0 bridgehead atoms. The highest BCUT2D eigenvalue weighted by Gasteiger charge is 2.36. The first kappa shape index (κ1) is 12.3. The quantitative estimate of drug-likeness (QED) is 0.768. The molecule has 3 nitrogen and oxygen atoms in total. The second kappa shape index (κ2) is 5.48. The maximum absolute atomic E-state index is 5.61. The summed E-state index contributed by atoms with van der Waals surface area (Å²) in [6.45, 7) is 4.74. The van der Waals surface area contributed by atoms with Crippen LogP contribution in [-0.2, 0) is 4.74 Å². The van der Waals surface area contributed by atoms with E-state index in [-0.39, 0.29) is 5.60 Å². The number of piperidine rings is 1. The van der Waals surface area contributed by atoms with E-state index in [2.05, 4.69) is 17.3 Å². The minimum atomic E-state index is 0.181. The molecule has 1 heterocycles. The van der Waals surface area contributed by atoms with Gasteiger partial charge in [0.1, 0.15) is 0 Å². The molecule has 94 valence electrons. The monoisotopic (exact) mass is 226 g/mol. The molecule has 1 aliphatic carbocycles. The molecule has 1 aliphatic heterocycles. The zero-order chi connectivity index (χ0) is 11.4. The predicted octanol–water partition coefficient (Wildman–Crippen LogP) is 1.49. The molecule has 0 aromatic heterocycles. The van der Waals surface area contributed by atoms with Gasteiger partial charge in [-0.05, 0) is 58.2 Å². The first-order chi connectivity index (χ1) is 7.74. The van der Waals surface area contributed by atoms with Gasteiger partial charge in [0.25, 0.3) is 0 Å². The molecule has 0 aromatic carbocycles. The topological polar surface area (TPSA) is 24.5 Å². The molecule has 1 N–H and O–H groups in total. The van der Waals surface area contributed by atoms with E-state index in [0.717, 1.165) is 19.0 Å². The number of ether oxygens (including phenoxy) is 1. The van der Waals surface area contributed by atoms with E-state index in [0.29, 0.717) is 0 Å². The summed E-state index contributed by atoms with van der Waals surface area (Å²) in [4.78, 5) is 2.45. The van der Waals surface area contributed by atoms with Crippen LogP contribution in [0.4, 0.5) is 0 Å². The van der Waals surface area contributed by atoms with Crippen molar-refractivity contribution in [3.63, 3.8) is 0 Å². The Hall–Kier alpha value is -0.120. The standard InChI is InChI=1S/C13H26N2O/c1-15-8-3-5-12(10-15)9-14-11-13(16-2)6-4-7-13/h12,14H,3-11H2,1-2H3. The minimum absolute atomic E-state index is 0.181. The molecule has 1 atom stereocenters. The lowest BCUT2D eigenvalue weighted by atomic mass is 9.80. The largest absolute Gasteiger partial charge is 0.377 e. The van der Waals surface area contributed by atoms with Crippen molar-refractivity contribution in [2.24, 2.45) is 5.92 Å². The summed E-state index contributed by atoms with van der Waals surface area (Å²) in [7, 11) is 4.09. The molecule has 1 unspecified atom stereocenters. The number of hydrogen-bond donors (Lipinski definition) is 1. The highest BCUT2D eigenvalue weighted by Crippen LogP contribution is 2.34. The first-order valence-electron chi connectivity index (χ1n) is 6.68. The molecule has 2 fully saturated rings. The van der Waals surface area contributed by atoms with Gasteiger partial charge in [-0.25, -0.2) is 0 Å². The van der Waals surface area contributed by atoms with Crippen LogP contribution in [0.25, 0.3) is 0 Å². The zero-order valence-corrected chi connectivity index (χ0v) is 10.8. The molecule has 1 saturated carbocycles. The van der Waals surface area contributed by atoms with Crippen molar-refractivity contribution >= 4 is 0 Å². The summed E-state index contributed by atoms with van der Waals surface area (Å²) in [5, 5.41) is 3.62. The smallest absolute Gasteiger partial charge is 0.0802 e. The van der Waals surface area contributed by atoms with Gasteiger partial charge in [0, 0.05) is 20.2 Å². The molecule has 0 amide bonds. The van der Waals surface area contributed by atoms with Crippen LogP contribution in [0, 0.1) is 5.92 Å². The zero-order valence-electron chi connectivity index (χ0n) is 10.8. The van der Waals surface area contributed by atoms with Crippen LogP contribution in [0.1, 0.15) is 32.1 Å². The van der Waals surface area contributed by atoms with Gasteiger partial charge in [-0.1, -0.05) is 0 Å². The second-order valence-electron chi connectivity index (χ2n) is 5.64. The maximum atomic E-state index is 5.61. The Morgan fingerprint density at radius 2 is 2.19 bits per heavy atom. The van der Waals surface area contributed by atoms with Crippen LogP contribution in [0.5, 0.6) is 0 Å². The normalized spacial score (nSPS) is 30.0. The van der Waals surface area contributed by atoms with Gasteiger partial charge in [0.15, 0.2) is 0 Å². The predicted molar refractivity (Wildman–Crippen MR) is 66.7 cm³/mol. The lowest BCUT2D eigenvalue weighted by Crippen LogP contribution is -2.49. The average Bonchev–Trinajstić information content (AvgIpc) is 2.22. The van der Waals surface area contributed by atoms with E-state index in [1.165, 1.54) is 45.2 Å². The molecular formula is C13H26N2O. The van der Waals surface area contributed by atoms with Crippen LogP contribution in [0.15, 0.2) is 0 Å². The summed E-state index contributed by atoms with van der Waals surface area (Å²) in [5.74, 6) is 0.840. The van der Waals surface area contributed by atoms with E-state index >= 15 is 0 Å². The molecule has 2 aliphatic rings. The fourth-order valence-corrected chi connectivity index (χ4v) is 2.97. The lowest BCUT2D eigenvalue weighted by Gasteiger charge is -2.41. The Kier molecular flexibility index (Phi) is 4.22. The Bertz CT molecular complexity index is 210. The van der Waals surface area contributed by atoms with Gasteiger partial charge >= 0.3 is 0 Å². The summed E-state index contributed by atoms with van der Waals surface area (Å²) in [5.41, 5.74) is 0.181. The molecular weight excluding hydrogens is 200 g/mol. The average molecular weight is 226 g/mol. The molecule has 3 heteroatoms. The Labute approximate surface area is 99.5 Å². The minimum Gasteiger partial charge on any atom is -0.377 e. The third-order valence-electron chi connectivity index (χ3n) is 4.30. The van der Waals surface area contributed by atoms with Crippen molar-refractivity contribution < 1.29 is 4.74 Å². The first-order valence-corrected chi connectivity index (χ1v) is 6.68. The molecule has 2 rings (SSSR count). The van der Waals surface area contributed by atoms with Crippen molar-refractivity contribution in [3.8, 4) is 0 Å². The van der Waals surface area contributed by atoms with Crippen molar-refractivity contribution in [2.75, 3.05) is 40.3 Å². The maximum Gasteiger partial charge on any atom is 0.0802 e. The Balaban J connectivity index is 1.63. The van der Waals surface area contributed by atoms with E-state index in [1.807, 2.05) is 7.11 Å². The fraction of sp³-hybridized carbons (Fsp3) is 1.00. The molecule has 0 aromatic rings. The third kappa shape index (κ3) is 2.96. The number of nitrogens with zero attached hydrogens (tertiary/aromatic N) is 1. The highest BCUT2D eigenvalue weighted by atomic mass is 16.5. The SMILES string of the molecule is COC1(CNCC2CCCN(C)C2)CCC1. The number of methoxy groups -OCH3 is 1. The number of nitrogens with one attached hydrogen (secondary N) is 1. The molecule has 0 spiro atoms. The summed E-state index contributed by atoms with van der Waals surface area (Å²) in [6.07, 6.45) is 6.55. The van der Waals surface area contributed by atoms with Gasteiger partial charge in [0.05, 0.1) is 5.60 Å².